The van der Waals surface area contributed by atoms with E-state index in [1.807, 2.05) is 0 Å². The summed E-state index contributed by atoms with van der Waals surface area (Å²) in [4.78, 5) is 0. The van der Waals surface area contributed by atoms with Gasteiger partial charge in [0.2, 0.25) is 0 Å². The maximum atomic E-state index is 12.7. The van der Waals surface area contributed by atoms with Crippen LogP contribution in [0.25, 0.3) is 0 Å². The standard InChI is InChI=1S/C13H12F3NO/c14-13(15,16)12-6-2-1-4-10(12)8-17-9-11-5-3-7-18-11/h1-7,17H,8-9H2/p+1. The lowest BCUT2D eigenvalue weighted by atomic mass is 10.1. The molecule has 0 amide bonds. The Morgan fingerprint density at radius 2 is 1.78 bits per heavy atom. The number of alkyl halides is 3. The summed E-state index contributed by atoms with van der Waals surface area (Å²) in [6.07, 6.45) is -2.75. The predicted octanol–water partition coefficient (Wildman–Crippen LogP) is 2.56. The Kier molecular flexibility index (Phi) is 3.72. The van der Waals surface area contributed by atoms with Crippen molar-refractivity contribution in [3.8, 4) is 0 Å². The fourth-order valence-electron chi connectivity index (χ4n) is 1.77. The van der Waals surface area contributed by atoms with Gasteiger partial charge in [0.25, 0.3) is 0 Å². The van der Waals surface area contributed by atoms with Crippen LogP contribution in [0.2, 0.25) is 0 Å². The average Bonchev–Trinajstić information content (AvgIpc) is 2.81. The van der Waals surface area contributed by atoms with Crippen LogP contribution in [0, 0.1) is 0 Å². The lowest BCUT2D eigenvalue weighted by Crippen LogP contribution is -2.80. The van der Waals surface area contributed by atoms with E-state index in [1.165, 1.54) is 12.1 Å². The molecule has 0 saturated heterocycles. The first kappa shape index (κ1) is 12.7. The second-order valence-electron chi connectivity index (χ2n) is 3.93. The van der Waals surface area contributed by atoms with Crippen molar-refractivity contribution < 1.29 is 22.9 Å². The minimum atomic E-state index is -4.30. The summed E-state index contributed by atoms with van der Waals surface area (Å²) in [7, 11) is 0. The van der Waals surface area contributed by atoms with Gasteiger partial charge in [-0.2, -0.15) is 13.2 Å². The molecule has 18 heavy (non-hydrogen) atoms. The van der Waals surface area contributed by atoms with Gasteiger partial charge in [-0.15, -0.1) is 0 Å². The van der Waals surface area contributed by atoms with Crippen LogP contribution in [0.5, 0.6) is 0 Å². The first-order valence-corrected chi connectivity index (χ1v) is 5.56. The van der Waals surface area contributed by atoms with Crippen LogP contribution >= 0.6 is 0 Å². The van der Waals surface area contributed by atoms with E-state index < -0.39 is 11.7 Å². The smallest absolute Gasteiger partial charge is 0.416 e. The number of rotatable bonds is 4. The topological polar surface area (TPSA) is 29.8 Å². The summed E-state index contributed by atoms with van der Waals surface area (Å²) in [5.41, 5.74) is -0.280. The zero-order valence-electron chi connectivity index (χ0n) is 9.58. The van der Waals surface area contributed by atoms with Crippen molar-refractivity contribution in [2.45, 2.75) is 19.3 Å². The fourth-order valence-corrected chi connectivity index (χ4v) is 1.77. The highest BCUT2D eigenvalue weighted by Crippen LogP contribution is 2.31. The van der Waals surface area contributed by atoms with Crippen LogP contribution in [0.1, 0.15) is 16.9 Å². The summed E-state index contributed by atoms with van der Waals surface area (Å²) in [6.45, 7) is 0.801. The monoisotopic (exact) mass is 256 g/mol. The SMILES string of the molecule is FC(F)(F)c1ccccc1C[NH2+]Cc1ccco1. The highest BCUT2D eigenvalue weighted by Gasteiger charge is 2.33. The summed E-state index contributed by atoms with van der Waals surface area (Å²) in [5.74, 6) is 0.750. The molecule has 2 nitrogen and oxygen atoms in total. The van der Waals surface area contributed by atoms with E-state index in [2.05, 4.69) is 0 Å². The quantitative estimate of drug-likeness (QED) is 0.895. The number of nitrogens with two attached hydrogens (primary N) is 1. The number of halogens is 3. The first-order chi connectivity index (χ1) is 8.57. The van der Waals surface area contributed by atoms with Gasteiger partial charge in [-0.05, 0) is 18.2 Å². The van der Waals surface area contributed by atoms with E-state index in [1.54, 1.807) is 29.8 Å². The second kappa shape index (κ2) is 5.27. The lowest BCUT2D eigenvalue weighted by Gasteiger charge is -2.11. The van der Waals surface area contributed by atoms with Crippen molar-refractivity contribution in [2.24, 2.45) is 0 Å². The Labute approximate surface area is 102 Å². The zero-order valence-corrected chi connectivity index (χ0v) is 9.58. The van der Waals surface area contributed by atoms with Crippen LogP contribution in [0.3, 0.4) is 0 Å². The Hall–Kier alpha value is -1.75. The number of quaternary nitrogens is 1. The highest BCUT2D eigenvalue weighted by atomic mass is 19.4. The van der Waals surface area contributed by atoms with E-state index in [0.29, 0.717) is 6.54 Å². The Morgan fingerprint density at radius 1 is 1.00 bits per heavy atom. The van der Waals surface area contributed by atoms with Crippen LogP contribution in [0.4, 0.5) is 13.2 Å². The van der Waals surface area contributed by atoms with Crippen molar-refractivity contribution in [3.63, 3.8) is 0 Å². The van der Waals surface area contributed by atoms with Gasteiger partial charge in [-0.3, -0.25) is 0 Å². The normalized spacial score (nSPS) is 11.7. The van der Waals surface area contributed by atoms with E-state index in [9.17, 15) is 13.2 Å². The molecule has 96 valence electrons. The predicted molar refractivity (Wildman–Crippen MR) is 59.5 cm³/mol. The number of hydrogen-bond donors (Lipinski definition) is 1. The van der Waals surface area contributed by atoms with Gasteiger partial charge in [0.1, 0.15) is 13.1 Å². The van der Waals surface area contributed by atoms with Crippen molar-refractivity contribution in [1.82, 2.24) is 0 Å². The van der Waals surface area contributed by atoms with Gasteiger partial charge >= 0.3 is 6.18 Å². The summed E-state index contributed by atoms with van der Waals surface area (Å²) < 4.78 is 43.3. The second-order valence-corrected chi connectivity index (χ2v) is 3.93. The van der Waals surface area contributed by atoms with Crippen molar-refractivity contribution >= 4 is 0 Å². The van der Waals surface area contributed by atoms with E-state index in [4.69, 9.17) is 4.42 Å². The van der Waals surface area contributed by atoms with Gasteiger partial charge in [0, 0.05) is 5.56 Å². The molecule has 2 aromatic rings. The minimum Gasteiger partial charge on any atom is -0.463 e. The summed E-state index contributed by atoms with van der Waals surface area (Å²) in [6, 6.07) is 9.18. The van der Waals surface area contributed by atoms with Crippen molar-refractivity contribution in [2.75, 3.05) is 0 Å². The zero-order chi connectivity index (χ0) is 13.0. The molecule has 0 fully saturated rings. The van der Waals surface area contributed by atoms with Crippen LogP contribution in [0.15, 0.2) is 47.1 Å². The van der Waals surface area contributed by atoms with E-state index in [0.717, 1.165) is 11.8 Å². The fraction of sp³-hybridized carbons (Fsp3) is 0.231. The van der Waals surface area contributed by atoms with Gasteiger partial charge in [0.15, 0.2) is 5.76 Å². The lowest BCUT2D eigenvalue weighted by molar-refractivity contribution is -0.688. The van der Waals surface area contributed by atoms with Crippen LogP contribution in [-0.2, 0) is 19.3 Å². The maximum absolute atomic E-state index is 12.7. The van der Waals surface area contributed by atoms with Crippen molar-refractivity contribution in [3.05, 3.63) is 59.5 Å². The van der Waals surface area contributed by atoms with E-state index in [-0.39, 0.29) is 12.1 Å². The molecule has 0 spiro atoms. The maximum Gasteiger partial charge on any atom is 0.416 e. The molecule has 0 saturated carbocycles. The Morgan fingerprint density at radius 3 is 2.44 bits per heavy atom. The molecule has 1 aromatic heterocycles. The van der Waals surface area contributed by atoms with Crippen molar-refractivity contribution in [1.29, 1.82) is 0 Å². The third-order valence-electron chi connectivity index (χ3n) is 2.61. The molecule has 0 aliphatic carbocycles. The Balaban J connectivity index is 2.01. The molecule has 1 heterocycles. The molecule has 1 aromatic carbocycles. The third-order valence-corrected chi connectivity index (χ3v) is 2.61. The average molecular weight is 256 g/mol. The number of benzene rings is 1. The first-order valence-electron chi connectivity index (χ1n) is 5.56. The minimum absolute atomic E-state index is 0.274. The van der Waals surface area contributed by atoms with E-state index >= 15 is 0 Å². The molecule has 0 radical (unpaired) electrons. The highest BCUT2D eigenvalue weighted by molar-refractivity contribution is 5.28. The molecule has 0 bridgehead atoms. The van der Waals surface area contributed by atoms with Gasteiger partial charge < -0.3 is 9.73 Å². The third kappa shape index (κ3) is 3.13. The Bertz CT molecular complexity index is 491. The molecule has 0 aliphatic heterocycles. The molecule has 2 N–H and O–H groups in total. The molecule has 0 atom stereocenters. The van der Waals surface area contributed by atoms with Gasteiger partial charge in [-0.1, -0.05) is 18.2 Å². The molecule has 2 rings (SSSR count). The number of furan rings is 1. The molecular formula is C13H13F3NO+. The largest absolute Gasteiger partial charge is 0.463 e. The van der Waals surface area contributed by atoms with Gasteiger partial charge in [0.05, 0.1) is 11.8 Å². The summed E-state index contributed by atoms with van der Waals surface area (Å²) >= 11 is 0. The van der Waals surface area contributed by atoms with Crippen LogP contribution < -0.4 is 5.32 Å². The molecule has 0 aliphatic rings. The summed E-state index contributed by atoms with van der Waals surface area (Å²) in [5, 5.41) is 1.78. The van der Waals surface area contributed by atoms with Crippen LogP contribution in [-0.4, -0.2) is 0 Å². The molecular weight excluding hydrogens is 243 g/mol. The van der Waals surface area contributed by atoms with Gasteiger partial charge in [-0.25, -0.2) is 0 Å². The number of hydrogen-bond acceptors (Lipinski definition) is 1. The molecule has 0 unspecified atom stereocenters. The molecule has 5 heteroatoms.